The highest BCUT2D eigenvalue weighted by Crippen LogP contribution is 2.35. The summed E-state index contributed by atoms with van der Waals surface area (Å²) in [5.74, 6) is -0.648. The smallest absolute Gasteiger partial charge is 0.378 e. The minimum atomic E-state index is -4.66. The SMILES string of the molecule is Cn1ccc(CNc2ccc(-c3cncc(F)c3)nc2C(F)(F)F)n1. The molecular formula is C16H13F4N5. The van der Waals surface area contributed by atoms with Gasteiger partial charge in [0, 0.05) is 25.0 Å². The van der Waals surface area contributed by atoms with Crippen LogP contribution >= 0.6 is 0 Å². The fraction of sp³-hybridized carbons (Fsp3) is 0.188. The van der Waals surface area contributed by atoms with Crippen LogP contribution in [0.5, 0.6) is 0 Å². The van der Waals surface area contributed by atoms with E-state index in [2.05, 4.69) is 20.4 Å². The van der Waals surface area contributed by atoms with Crippen molar-refractivity contribution in [2.45, 2.75) is 12.7 Å². The first-order valence-corrected chi connectivity index (χ1v) is 7.24. The van der Waals surface area contributed by atoms with E-state index in [0.29, 0.717) is 5.69 Å². The van der Waals surface area contributed by atoms with Crippen LogP contribution in [0.15, 0.2) is 42.9 Å². The second kappa shape index (κ2) is 6.50. The van der Waals surface area contributed by atoms with E-state index in [1.165, 1.54) is 18.3 Å². The minimum Gasteiger partial charge on any atom is -0.378 e. The summed E-state index contributed by atoms with van der Waals surface area (Å²) >= 11 is 0. The molecule has 0 radical (unpaired) electrons. The molecule has 0 saturated carbocycles. The molecule has 0 fully saturated rings. The lowest BCUT2D eigenvalue weighted by Crippen LogP contribution is -2.14. The Balaban J connectivity index is 1.93. The Kier molecular flexibility index (Phi) is 4.39. The molecule has 0 atom stereocenters. The van der Waals surface area contributed by atoms with Crippen LogP contribution in [0.1, 0.15) is 11.4 Å². The maximum atomic E-state index is 13.3. The maximum Gasteiger partial charge on any atom is 0.435 e. The van der Waals surface area contributed by atoms with Gasteiger partial charge in [-0.25, -0.2) is 9.37 Å². The zero-order valence-electron chi connectivity index (χ0n) is 13.0. The minimum absolute atomic E-state index is 0.0114. The number of pyridine rings is 2. The van der Waals surface area contributed by atoms with Gasteiger partial charge in [-0.15, -0.1) is 0 Å². The summed E-state index contributed by atoms with van der Waals surface area (Å²) in [6.45, 7) is 0.118. The molecule has 1 N–H and O–H groups in total. The standard InChI is InChI=1S/C16H13F4N5/c1-25-5-4-12(24-25)9-22-14-3-2-13(23-15(14)16(18,19)20)10-6-11(17)8-21-7-10/h2-8,22H,9H2,1H3. The van der Waals surface area contributed by atoms with Crippen molar-refractivity contribution in [1.82, 2.24) is 19.7 Å². The predicted octanol–water partition coefficient (Wildman–Crippen LogP) is 3.65. The number of anilines is 1. The molecule has 9 heteroatoms. The van der Waals surface area contributed by atoms with Gasteiger partial charge >= 0.3 is 6.18 Å². The van der Waals surface area contributed by atoms with Crippen LogP contribution in [0.4, 0.5) is 23.2 Å². The topological polar surface area (TPSA) is 55.6 Å². The second-order valence-corrected chi connectivity index (χ2v) is 5.32. The molecule has 0 aromatic carbocycles. The van der Waals surface area contributed by atoms with Crippen LogP contribution in [0.3, 0.4) is 0 Å². The van der Waals surface area contributed by atoms with Gasteiger partial charge in [0.15, 0.2) is 5.69 Å². The van der Waals surface area contributed by atoms with Crippen LogP contribution in [-0.2, 0) is 19.8 Å². The molecule has 0 aliphatic heterocycles. The van der Waals surface area contributed by atoms with E-state index in [4.69, 9.17) is 0 Å². The molecule has 5 nitrogen and oxygen atoms in total. The number of hydrogen-bond donors (Lipinski definition) is 1. The normalized spacial score (nSPS) is 11.6. The molecule has 0 aliphatic carbocycles. The molecule has 130 valence electrons. The zero-order valence-corrected chi connectivity index (χ0v) is 13.0. The molecule has 0 spiro atoms. The Labute approximate surface area is 140 Å². The van der Waals surface area contributed by atoms with E-state index in [1.54, 1.807) is 24.0 Å². The Bertz CT molecular complexity index is 888. The van der Waals surface area contributed by atoms with Gasteiger partial charge in [-0.2, -0.15) is 18.3 Å². The number of rotatable bonds is 4. The molecule has 0 amide bonds. The van der Waals surface area contributed by atoms with E-state index in [0.717, 1.165) is 12.3 Å². The summed E-state index contributed by atoms with van der Waals surface area (Å²) in [6.07, 6.45) is -0.743. The van der Waals surface area contributed by atoms with Crippen LogP contribution in [-0.4, -0.2) is 19.7 Å². The fourth-order valence-electron chi connectivity index (χ4n) is 2.27. The van der Waals surface area contributed by atoms with Gasteiger partial charge in [-0.05, 0) is 24.3 Å². The summed E-state index contributed by atoms with van der Waals surface area (Å²) in [7, 11) is 1.72. The van der Waals surface area contributed by atoms with E-state index in [-0.39, 0.29) is 23.5 Å². The summed E-state index contributed by atoms with van der Waals surface area (Å²) in [5, 5.41) is 6.79. The Morgan fingerprint density at radius 1 is 1.16 bits per heavy atom. The molecule has 0 aliphatic rings. The molecule has 3 rings (SSSR count). The quantitative estimate of drug-likeness (QED) is 0.729. The average Bonchev–Trinajstić information content (AvgIpc) is 2.97. The number of aryl methyl sites for hydroxylation is 1. The summed E-state index contributed by atoms with van der Waals surface area (Å²) in [4.78, 5) is 7.28. The highest BCUT2D eigenvalue weighted by molar-refractivity contribution is 5.62. The number of halogens is 4. The predicted molar refractivity (Wildman–Crippen MR) is 83.0 cm³/mol. The van der Waals surface area contributed by atoms with E-state index >= 15 is 0 Å². The summed E-state index contributed by atoms with van der Waals surface area (Å²) in [6, 6.07) is 5.42. The van der Waals surface area contributed by atoms with Gasteiger partial charge in [0.1, 0.15) is 5.82 Å². The first-order valence-electron chi connectivity index (χ1n) is 7.24. The third-order valence-corrected chi connectivity index (χ3v) is 3.39. The molecule has 3 aromatic heterocycles. The maximum absolute atomic E-state index is 13.3. The highest BCUT2D eigenvalue weighted by Gasteiger charge is 2.36. The summed E-state index contributed by atoms with van der Waals surface area (Å²) < 4.78 is 54.8. The third-order valence-electron chi connectivity index (χ3n) is 3.39. The van der Waals surface area contributed by atoms with Crippen LogP contribution < -0.4 is 5.32 Å². The molecule has 3 aromatic rings. The monoisotopic (exact) mass is 351 g/mol. The second-order valence-electron chi connectivity index (χ2n) is 5.32. The molecule has 25 heavy (non-hydrogen) atoms. The average molecular weight is 351 g/mol. The largest absolute Gasteiger partial charge is 0.435 e. The Morgan fingerprint density at radius 2 is 1.96 bits per heavy atom. The van der Waals surface area contributed by atoms with Crippen molar-refractivity contribution in [3.05, 3.63) is 60.1 Å². The first-order chi connectivity index (χ1) is 11.8. The van der Waals surface area contributed by atoms with Crippen molar-refractivity contribution < 1.29 is 17.6 Å². The molecule has 0 saturated heterocycles. The van der Waals surface area contributed by atoms with Gasteiger partial charge in [-0.1, -0.05) is 0 Å². The summed E-state index contributed by atoms with van der Waals surface area (Å²) in [5.41, 5.74) is -0.505. The van der Waals surface area contributed by atoms with Gasteiger partial charge in [0.25, 0.3) is 0 Å². The molecular weight excluding hydrogens is 338 g/mol. The van der Waals surface area contributed by atoms with E-state index in [9.17, 15) is 17.6 Å². The lowest BCUT2D eigenvalue weighted by Gasteiger charge is -2.14. The van der Waals surface area contributed by atoms with E-state index in [1.807, 2.05) is 0 Å². The Morgan fingerprint density at radius 3 is 2.60 bits per heavy atom. The molecule has 0 unspecified atom stereocenters. The fourth-order valence-corrected chi connectivity index (χ4v) is 2.27. The lowest BCUT2D eigenvalue weighted by molar-refractivity contribution is -0.140. The van der Waals surface area contributed by atoms with Gasteiger partial charge < -0.3 is 5.32 Å². The van der Waals surface area contributed by atoms with Gasteiger partial charge in [-0.3, -0.25) is 9.67 Å². The molecule has 3 heterocycles. The van der Waals surface area contributed by atoms with Crippen LogP contribution in [0.25, 0.3) is 11.3 Å². The van der Waals surface area contributed by atoms with Crippen LogP contribution in [0.2, 0.25) is 0 Å². The van der Waals surface area contributed by atoms with Gasteiger partial charge in [0.2, 0.25) is 0 Å². The van der Waals surface area contributed by atoms with Crippen molar-refractivity contribution in [2.24, 2.45) is 7.05 Å². The number of aromatic nitrogens is 4. The molecule has 0 bridgehead atoms. The Hall–Kier alpha value is -2.97. The highest BCUT2D eigenvalue weighted by atomic mass is 19.4. The number of alkyl halides is 3. The zero-order chi connectivity index (χ0) is 18.0. The number of hydrogen-bond acceptors (Lipinski definition) is 4. The van der Waals surface area contributed by atoms with Crippen molar-refractivity contribution >= 4 is 5.69 Å². The van der Waals surface area contributed by atoms with E-state index < -0.39 is 17.7 Å². The lowest BCUT2D eigenvalue weighted by atomic mass is 10.1. The number of nitrogens with zero attached hydrogens (tertiary/aromatic N) is 4. The van der Waals surface area contributed by atoms with Crippen molar-refractivity contribution in [3.63, 3.8) is 0 Å². The van der Waals surface area contributed by atoms with Crippen molar-refractivity contribution in [1.29, 1.82) is 0 Å². The third kappa shape index (κ3) is 3.93. The van der Waals surface area contributed by atoms with Crippen molar-refractivity contribution in [3.8, 4) is 11.3 Å². The first kappa shape index (κ1) is 16.9. The van der Waals surface area contributed by atoms with Gasteiger partial charge in [0.05, 0.1) is 29.8 Å². The van der Waals surface area contributed by atoms with Crippen molar-refractivity contribution in [2.75, 3.05) is 5.32 Å². The number of nitrogens with one attached hydrogen (secondary N) is 1. The van der Waals surface area contributed by atoms with Crippen LogP contribution in [0, 0.1) is 5.82 Å².